The number of hydrogen-bond donors (Lipinski definition) is 1. The SMILES string of the molecule is [c]1cccc2c1ccn2-c1c[nH]c2ccccc12. The second-order valence-electron chi connectivity index (χ2n) is 4.37. The van der Waals surface area contributed by atoms with Gasteiger partial charge < -0.3 is 9.55 Å². The van der Waals surface area contributed by atoms with Crippen LogP contribution >= 0.6 is 0 Å². The average molecular weight is 231 g/mol. The number of nitrogens with zero attached hydrogens (tertiary/aromatic N) is 1. The Kier molecular flexibility index (Phi) is 1.86. The molecule has 2 aromatic heterocycles. The standard InChI is InChI=1S/C16H11N2/c1-4-8-15-12(5-1)9-10-18(15)16-11-17-14-7-3-2-6-13(14)16/h1-4,6-11,17H. The quantitative estimate of drug-likeness (QED) is 0.512. The third-order valence-electron chi connectivity index (χ3n) is 3.34. The van der Waals surface area contributed by atoms with E-state index in [1.54, 1.807) is 0 Å². The van der Waals surface area contributed by atoms with E-state index in [0.717, 1.165) is 10.9 Å². The van der Waals surface area contributed by atoms with Crippen molar-refractivity contribution in [2.24, 2.45) is 0 Å². The van der Waals surface area contributed by atoms with Crippen molar-refractivity contribution in [2.75, 3.05) is 0 Å². The molecule has 0 atom stereocenters. The average Bonchev–Trinajstić information content (AvgIpc) is 3.01. The Morgan fingerprint density at radius 1 is 1.00 bits per heavy atom. The van der Waals surface area contributed by atoms with Crippen molar-refractivity contribution >= 4 is 21.8 Å². The van der Waals surface area contributed by atoms with Gasteiger partial charge in [-0.05, 0) is 24.3 Å². The highest BCUT2D eigenvalue weighted by Gasteiger charge is 2.07. The summed E-state index contributed by atoms with van der Waals surface area (Å²) in [6.45, 7) is 0. The number of hydrogen-bond acceptors (Lipinski definition) is 0. The Balaban J connectivity index is 2.08. The summed E-state index contributed by atoms with van der Waals surface area (Å²) in [7, 11) is 0. The van der Waals surface area contributed by atoms with Gasteiger partial charge in [-0.15, -0.1) is 0 Å². The lowest BCUT2D eigenvalue weighted by molar-refractivity contribution is 1.14. The first-order chi connectivity index (χ1) is 8.93. The fraction of sp³-hybridized carbons (Fsp3) is 0. The van der Waals surface area contributed by atoms with E-state index in [-0.39, 0.29) is 0 Å². The normalized spacial score (nSPS) is 11.3. The number of nitrogens with one attached hydrogen (secondary N) is 1. The molecule has 0 bridgehead atoms. The molecule has 0 aliphatic carbocycles. The predicted molar refractivity (Wildman–Crippen MR) is 74.0 cm³/mol. The molecule has 18 heavy (non-hydrogen) atoms. The minimum atomic E-state index is 1.14. The van der Waals surface area contributed by atoms with E-state index in [2.05, 4.69) is 58.3 Å². The summed E-state index contributed by atoms with van der Waals surface area (Å²) in [4.78, 5) is 3.31. The highest BCUT2D eigenvalue weighted by Crippen LogP contribution is 2.26. The fourth-order valence-electron chi connectivity index (χ4n) is 2.48. The number of aromatic amines is 1. The maximum Gasteiger partial charge on any atom is 0.0709 e. The molecule has 4 aromatic rings. The lowest BCUT2D eigenvalue weighted by Gasteiger charge is -2.03. The summed E-state index contributed by atoms with van der Waals surface area (Å²) in [5, 5.41) is 2.38. The summed E-state index contributed by atoms with van der Waals surface area (Å²) in [6.07, 6.45) is 4.15. The maximum atomic E-state index is 3.31. The number of benzene rings is 2. The Morgan fingerprint density at radius 2 is 1.94 bits per heavy atom. The van der Waals surface area contributed by atoms with E-state index in [9.17, 15) is 0 Å². The molecule has 0 aliphatic rings. The molecule has 85 valence electrons. The first-order valence-electron chi connectivity index (χ1n) is 5.98. The van der Waals surface area contributed by atoms with Crippen LogP contribution in [0.4, 0.5) is 0 Å². The molecule has 0 unspecified atom stereocenters. The highest BCUT2D eigenvalue weighted by atomic mass is 15.0. The number of para-hydroxylation sites is 1. The zero-order valence-corrected chi connectivity index (χ0v) is 9.72. The Labute approximate surface area is 104 Å². The summed E-state index contributed by atoms with van der Waals surface area (Å²) >= 11 is 0. The molecular weight excluding hydrogens is 220 g/mol. The molecule has 0 saturated carbocycles. The van der Waals surface area contributed by atoms with Crippen LogP contribution in [0.25, 0.3) is 27.5 Å². The van der Waals surface area contributed by atoms with E-state index in [1.807, 2.05) is 18.2 Å². The van der Waals surface area contributed by atoms with Gasteiger partial charge in [0, 0.05) is 28.7 Å². The van der Waals surface area contributed by atoms with Crippen LogP contribution in [0.1, 0.15) is 0 Å². The second kappa shape index (κ2) is 3.50. The van der Waals surface area contributed by atoms with Crippen LogP contribution in [-0.2, 0) is 0 Å². The van der Waals surface area contributed by atoms with E-state index in [4.69, 9.17) is 0 Å². The Morgan fingerprint density at radius 3 is 2.94 bits per heavy atom. The van der Waals surface area contributed by atoms with E-state index < -0.39 is 0 Å². The van der Waals surface area contributed by atoms with Crippen LogP contribution in [0.2, 0.25) is 0 Å². The molecule has 2 heterocycles. The molecule has 0 fully saturated rings. The van der Waals surface area contributed by atoms with Gasteiger partial charge in [-0.25, -0.2) is 0 Å². The molecule has 1 radical (unpaired) electrons. The van der Waals surface area contributed by atoms with Crippen LogP contribution in [0.3, 0.4) is 0 Å². The molecule has 4 rings (SSSR count). The van der Waals surface area contributed by atoms with Gasteiger partial charge in [0.1, 0.15) is 0 Å². The predicted octanol–water partition coefficient (Wildman–Crippen LogP) is 3.91. The molecule has 2 nitrogen and oxygen atoms in total. The van der Waals surface area contributed by atoms with Crippen molar-refractivity contribution in [3.63, 3.8) is 0 Å². The molecule has 2 aromatic carbocycles. The summed E-state index contributed by atoms with van der Waals surface area (Å²) in [5.74, 6) is 0. The highest BCUT2D eigenvalue weighted by molar-refractivity contribution is 5.91. The van der Waals surface area contributed by atoms with Crippen molar-refractivity contribution in [3.05, 3.63) is 67.0 Å². The Bertz CT molecular complexity index is 764. The number of fused-ring (bicyclic) bond motifs is 2. The number of rotatable bonds is 1. The van der Waals surface area contributed by atoms with Gasteiger partial charge in [0.25, 0.3) is 0 Å². The smallest absolute Gasteiger partial charge is 0.0709 e. The molecule has 0 saturated heterocycles. The van der Waals surface area contributed by atoms with Crippen LogP contribution < -0.4 is 0 Å². The van der Waals surface area contributed by atoms with Gasteiger partial charge in [0.05, 0.1) is 11.2 Å². The summed E-state index contributed by atoms with van der Waals surface area (Å²) < 4.78 is 2.20. The van der Waals surface area contributed by atoms with Crippen LogP contribution in [-0.4, -0.2) is 9.55 Å². The zero-order chi connectivity index (χ0) is 11.9. The third-order valence-corrected chi connectivity index (χ3v) is 3.34. The second-order valence-corrected chi connectivity index (χ2v) is 4.37. The van der Waals surface area contributed by atoms with Gasteiger partial charge in [-0.3, -0.25) is 0 Å². The minimum Gasteiger partial charge on any atom is -0.359 e. The van der Waals surface area contributed by atoms with Gasteiger partial charge in [0.2, 0.25) is 0 Å². The van der Waals surface area contributed by atoms with Crippen molar-refractivity contribution in [1.82, 2.24) is 9.55 Å². The fourth-order valence-corrected chi connectivity index (χ4v) is 2.48. The largest absolute Gasteiger partial charge is 0.359 e. The first-order valence-corrected chi connectivity index (χ1v) is 5.98. The topological polar surface area (TPSA) is 20.7 Å². The lowest BCUT2D eigenvalue weighted by Crippen LogP contribution is -1.89. The molecule has 0 amide bonds. The van der Waals surface area contributed by atoms with Gasteiger partial charge >= 0.3 is 0 Å². The van der Waals surface area contributed by atoms with Gasteiger partial charge in [-0.1, -0.05) is 30.3 Å². The first kappa shape index (κ1) is 9.54. The van der Waals surface area contributed by atoms with E-state index in [0.29, 0.717) is 0 Å². The zero-order valence-electron chi connectivity index (χ0n) is 9.72. The van der Waals surface area contributed by atoms with Gasteiger partial charge in [0.15, 0.2) is 0 Å². The molecular formula is C16H11N2. The minimum absolute atomic E-state index is 1.14. The number of H-pyrrole nitrogens is 1. The van der Waals surface area contributed by atoms with Crippen molar-refractivity contribution in [2.45, 2.75) is 0 Å². The van der Waals surface area contributed by atoms with Crippen LogP contribution in [0.5, 0.6) is 0 Å². The van der Waals surface area contributed by atoms with Crippen molar-refractivity contribution in [3.8, 4) is 5.69 Å². The molecule has 0 spiro atoms. The number of aromatic nitrogens is 2. The molecule has 1 N–H and O–H groups in total. The van der Waals surface area contributed by atoms with Crippen LogP contribution in [0.15, 0.2) is 60.9 Å². The summed E-state index contributed by atoms with van der Waals surface area (Å²) in [6, 6.07) is 19.8. The Hall–Kier alpha value is -2.48. The molecule has 2 heteroatoms. The maximum absolute atomic E-state index is 3.31. The third kappa shape index (κ3) is 1.23. The summed E-state index contributed by atoms with van der Waals surface area (Å²) in [5.41, 5.74) is 3.52. The van der Waals surface area contributed by atoms with Crippen molar-refractivity contribution in [1.29, 1.82) is 0 Å². The van der Waals surface area contributed by atoms with E-state index >= 15 is 0 Å². The van der Waals surface area contributed by atoms with Crippen LogP contribution in [0, 0.1) is 6.07 Å². The molecule has 0 aliphatic heterocycles. The van der Waals surface area contributed by atoms with Crippen molar-refractivity contribution < 1.29 is 0 Å². The monoisotopic (exact) mass is 231 g/mol. The lowest BCUT2D eigenvalue weighted by atomic mass is 10.2. The van der Waals surface area contributed by atoms with Gasteiger partial charge in [-0.2, -0.15) is 0 Å². The van der Waals surface area contributed by atoms with E-state index in [1.165, 1.54) is 16.6 Å².